The zero-order valence-electron chi connectivity index (χ0n) is 21.2. The molecule has 0 aliphatic carbocycles. The first kappa shape index (κ1) is 25.8. The largest absolute Gasteiger partial charge is 0.543 e. The zero-order chi connectivity index (χ0) is 22.7. The lowest BCUT2D eigenvalue weighted by Gasteiger charge is -2.36. The molecule has 0 heterocycles. The van der Waals surface area contributed by atoms with Gasteiger partial charge in [-0.05, 0) is 65.9 Å². The Bertz CT molecular complexity index is 695. The lowest BCUT2D eigenvalue weighted by molar-refractivity contribution is 0.335. The molecule has 0 aromatic heterocycles. The van der Waals surface area contributed by atoms with Crippen LogP contribution in [0.5, 0.6) is 5.75 Å². The zero-order valence-corrected chi connectivity index (χ0v) is 22.2. The van der Waals surface area contributed by atoms with Gasteiger partial charge in [0, 0.05) is 5.56 Å². The summed E-state index contributed by atoms with van der Waals surface area (Å²) in [5.74, 6) is 1.96. The van der Waals surface area contributed by atoms with E-state index in [1.165, 1.54) is 18.4 Å². The van der Waals surface area contributed by atoms with E-state index in [2.05, 4.69) is 99.7 Å². The summed E-state index contributed by atoms with van der Waals surface area (Å²) >= 11 is 0. The van der Waals surface area contributed by atoms with Gasteiger partial charge < -0.3 is 9.16 Å². The predicted molar refractivity (Wildman–Crippen MR) is 131 cm³/mol. The van der Waals surface area contributed by atoms with Crippen LogP contribution in [-0.2, 0) is 4.74 Å². The Labute approximate surface area is 182 Å². The highest BCUT2D eigenvalue weighted by Gasteiger charge is 2.39. The molecule has 0 aliphatic heterocycles. The summed E-state index contributed by atoms with van der Waals surface area (Å²) in [6.07, 6.45) is 3.43. The molecule has 1 aromatic rings. The van der Waals surface area contributed by atoms with Crippen LogP contribution in [0, 0.1) is 10.8 Å². The van der Waals surface area contributed by atoms with Crippen molar-refractivity contribution in [2.24, 2.45) is 10.8 Å². The van der Waals surface area contributed by atoms with E-state index in [9.17, 15) is 0 Å². The topological polar surface area (TPSA) is 18.5 Å². The summed E-state index contributed by atoms with van der Waals surface area (Å²) in [5.41, 5.74) is 2.91. The molecule has 0 N–H and O–H groups in total. The minimum Gasteiger partial charge on any atom is -0.543 e. The summed E-state index contributed by atoms with van der Waals surface area (Å²) in [6, 6.07) is 8.47. The van der Waals surface area contributed by atoms with Gasteiger partial charge in [-0.15, -0.1) is 0 Å². The minimum atomic E-state index is -1.88. The first-order valence-corrected chi connectivity index (χ1v) is 14.0. The molecule has 0 spiro atoms. The summed E-state index contributed by atoms with van der Waals surface area (Å²) in [7, 11) is -0.0785. The van der Waals surface area contributed by atoms with Crippen LogP contribution in [0.3, 0.4) is 0 Å². The second-order valence-electron chi connectivity index (χ2n) is 12.1. The third-order valence-corrected chi connectivity index (χ3v) is 10.4. The van der Waals surface area contributed by atoms with E-state index in [1.807, 2.05) is 0 Å². The van der Waals surface area contributed by atoms with Gasteiger partial charge in [-0.3, -0.25) is 0 Å². The molecule has 3 heteroatoms. The summed E-state index contributed by atoms with van der Waals surface area (Å²) in [4.78, 5) is 0. The van der Waals surface area contributed by atoms with E-state index in [0.29, 0.717) is 5.41 Å². The monoisotopic (exact) mass is 418 g/mol. The minimum absolute atomic E-state index is 0.0551. The highest BCUT2D eigenvalue weighted by atomic mass is 28.4. The first-order valence-electron chi connectivity index (χ1n) is 11.0. The van der Waals surface area contributed by atoms with Crippen LogP contribution in [0.25, 0.3) is 5.76 Å². The van der Waals surface area contributed by atoms with E-state index < -0.39 is 8.32 Å². The van der Waals surface area contributed by atoms with Crippen LogP contribution < -0.4 is 4.43 Å². The van der Waals surface area contributed by atoms with E-state index in [-0.39, 0.29) is 10.5 Å². The second kappa shape index (κ2) is 9.28. The SMILES string of the molecule is CO/C(=C(/CCCC(C)(C)C)C(C)(C)C)c1cccc(O[Si](C)(C)C(C)(C)C)c1. The molecule has 0 bridgehead atoms. The molecule has 0 aliphatic rings. The van der Waals surface area contributed by atoms with Crippen molar-refractivity contribution in [3.05, 3.63) is 35.4 Å². The van der Waals surface area contributed by atoms with Gasteiger partial charge in [0.05, 0.1) is 7.11 Å². The number of allylic oxidation sites excluding steroid dienone is 1. The van der Waals surface area contributed by atoms with Crippen molar-refractivity contribution < 1.29 is 9.16 Å². The fourth-order valence-corrected chi connectivity index (χ4v) is 4.21. The van der Waals surface area contributed by atoms with Crippen LogP contribution in [-0.4, -0.2) is 15.4 Å². The van der Waals surface area contributed by atoms with E-state index >= 15 is 0 Å². The summed E-state index contributed by atoms with van der Waals surface area (Å²) in [6.45, 7) is 25.2. The molecule has 1 rings (SSSR count). The molecule has 0 saturated carbocycles. The van der Waals surface area contributed by atoms with Gasteiger partial charge in [0.2, 0.25) is 8.32 Å². The van der Waals surface area contributed by atoms with Crippen molar-refractivity contribution >= 4 is 14.1 Å². The van der Waals surface area contributed by atoms with Crippen LogP contribution in [0.4, 0.5) is 0 Å². The fraction of sp³-hybridized carbons (Fsp3) is 0.692. The molecule has 1 aromatic carbocycles. The molecule has 0 atom stereocenters. The maximum atomic E-state index is 6.55. The van der Waals surface area contributed by atoms with Crippen molar-refractivity contribution in [1.29, 1.82) is 0 Å². The van der Waals surface area contributed by atoms with E-state index in [1.54, 1.807) is 7.11 Å². The van der Waals surface area contributed by atoms with Gasteiger partial charge in [-0.2, -0.15) is 0 Å². The van der Waals surface area contributed by atoms with Crippen molar-refractivity contribution in [2.75, 3.05) is 7.11 Å². The standard InChI is InChI=1S/C26H46O2Si/c1-24(2,3)18-14-17-22(25(4,5)6)23(27-10)20-15-13-16-21(19-20)28-29(11,12)26(7,8)9/h13,15-16,19H,14,17-18H2,1-12H3/b23-22-. The Hall–Kier alpha value is -1.22. The number of rotatable bonds is 7. The van der Waals surface area contributed by atoms with Crippen LogP contribution in [0.15, 0.2) is 29.8 Å². The third kappa shape index (κ3) is 7.84. The second-order valence-corrected chi connectivity index (χ2v) is 16.8. The molecule has 0 amide bonds. The normalized spacial score (nSPS) is 14.5. The Balaban J connectivity index is 3.30. The molecule has 166 valence electrons. The highest BCUT2D eigenvalue weighted by Crippen LogP contribution is 2.40. The van der Waals surface area contributed by atoms with Gasteiger partial charge in [0.1, 0.15) is 11.5 Å². The molecular weight excluding hydrogens is 372 g/mol. The molecule has 0 fully saturated rings. The van der Waals surface area contributed by atoms with Gasteiger partial charge in [0.15, 0.2) is 0 Å². The quantitative estimate of drug-likeness (QED) is 0.325. The Morgan fingerprint density at radius 3 is 1.97 bits per heavy atom. The van der Waals surface area contributed by atoms with Gasteiger partial charge in [-0.25, -0.2) is 0 Å². The van der Waals surface area contributed by atoms with Crippen molar-refractivity contribution in [2.45, 2.75) is 99.7 Å². The fourth-order valence-electron chi connectivity index (χ4n) is 3.19. The van der Waals surface area contributed by atoms with E-state index in [0.717, 1.165) is 23.5 Å². The molecule has 0 saturated heterocycles. The molecular formula is C26H46O2Si. The first-order chi connectivity index (χ1) is 13.0. The Kier molecular flexibility index (Phi) is 8.26. The Morgan fingerprint density at radius 1 is 0.931 bits per heavy atom. The lowest BCUT2D eigenvalue weighted by atomic mass is 9.79. The number of benzene rings is 1. The maximum absolute atomic E-state index is 6.55. The van der Waals surface area contributed by atoms with Crippen LogP contribution in [0.1, 0.15) is 87.1 Å². The number of ether oxygens (including phenoxy) is 1. The number of hydrogen-bond donors (Lipinski definition) is 0. The van der Waals surface area contributed by atoms with Gasteiger partial charge in [0.25, 0.3) is 0 Å². The van der Waals surface area contributed by atoms with Crippen LogP contribution >= 0.6 is 0 Å². The van der Waals surface area contributed by atoms with Crippen molar-refractivity contribution in [3.63, 3.8) is 0 Å². The van der Waals surface area contributed by atoms with Crippen molar-refractivity contribution in [3.8, 4) is 5.75 Å². The van der Waals surface area contributed by atoms with E-state index in [4.69, 9.17) is 9.16 Å². The maximum Gasteiger partial charge on any atom is 0.250 e. The predicted octanol–water partition coefficient (Wildman–Crippen LogP) is 8.69. The van der Waals surface area contributed by atoms with Crippen LogP contribution in [0.2, 0.25) is 18.1 Å². The van der Waals surface area contributed by atoms with Gasteiger partial charge in [-0.1, -0.05) is 74.4 Å². The van der Waals surface area contributed by atoms with Crippen molar-refractivity contribution in [1.82, 2.24) is 0 Å². The highest BCUT2D eigenvalue weighted by molar-refractivity contribution is 6.74. The molecule has 29 heavy (non-hydrogen) atoms. The lowest BCUT2D eigenvalue weighted by Crippen LogP contribution is -2.43. The average molecular weight is 419 g/mol. The average Bonchev–Trinajstić information content (AvgIpc) is 2.51. The smallest absolute Gasteiger partial charge is 0.250 e. The summed E-state index contributed by atoms with van der Waals surface area (Å²) < 4.78 is 12.5. The molecule has 2 nitrogen and oxygen atoms in total. The Morgan fingerprint density at radius 2 is 1.52 bits per heavy atom. The molecule has 0 unspecified atom stereocenters. The number of hydrogen-bond acceptors (Lipinski definition) is 2. The number of methoxy groups -OCH3 is 1. The molecule has 0 radical (unpaired) electrons. The summed E-state index contributed by atoms with van der Waals surface area (Å²) in [5, 5.41) is 0.173. The van der Waals surface area contributed by atoms with Gasteiger partial charge >= 0.3 is 0 Å². The third-order valence-electron chi connectivity index (χ3n) is 6.01.